The first kappa shape index (κ1) is 20.8. The number of nitrogens with one attached hydrogen (secondary N) is 1. The summed E-state index contributed by atoms with van der Waals surface area (Å²) in [5, 5.41) is 6.45. The molecule has 0 unspecified atom stereocenters. The molecule has 1 aliphatic rings. The fourth-order valence-corrected chi connectivity index (χ4v) is 4.83. The molecule has 0 aliphatic carbocycles. The van der Waals surface area contributed by atoms with Crippen LogP contribution in [-0.2, 0) is 4.79 Å². The second-order valence-corrected chi connectivity index (χ2v) is 9.04. The average Bonchev–Trinajstić information content (AvgIpc) is 3.36. The molecule has 0 saturated heterocycles. The Morgan fingerprint density at radius 3 is 2.35 bits per heavy atom. The summed E-state index contributed by atoms with van der Waals surface area (Å²) in [7, 11) is 0. The SMILES string of the molecule is O=C1C(Nc2cccc(Cl)c2)=C[C@H](c2ccc3oc4ccccc4c3c2)N1c1cccc(Cl)c1. The minimum atomic E-state index is -0.328. The number of nitrogens with zero attached hydrogens (tertiary/aromatic N) is 1. The van der Waals surface area contributed by atoms with Crippen LogP contribution in [0.4, 0.5) is 11.4 Å². The number of halogens is 2. The molecule has 4 nitrogen and oxygen atoms in total. The minimum absolute atomic E-state index is 0.149. The van der Waals surface area contributed by atoms with Gasteiger partial charge in [-0.15, -0.1) is 0 Å². The maximum Gasteiger partial charge on any atom is 0.275 e. The molecule has 34 heavy (non-hydrogen) atoms. The fourth-order valence-electron chi connectivity index (χ4n) is 4.45. The predicted molar refractivity (Wildman–Crippen MR) is 139 cm³/mol. The highest BCUT2D eigenvalue weighted by atomic mass is 35.5. The molecule has 2 heterocycles. The number of carbonyl (C=O) groups excluding carboxylic acids is 1. The topological polar surface area (TPSA) is 45.5 Å². The van der Waals surface area contributed by atoms with E-state index in [0.717, 1.165) is 38.9 Å². The molecule has 6 rings (SSSR count). The van der Waals surface area contributed by atoms with Crippen molar-refractivity contribution >= 4 is 62.4 Å². The quantitative estimate of drug-likeness (QED) is 0.281. The van der Waals surface area contributed by atoms with Crippen molar-refractivity contribution in [2.45, 2.75) is 6.04 Å². The molecule has 1 aliphatic heterocycles. The Bertz CT molecular complexity index is 1600. The number of anilines is 2. The fraction of sp³-hybridized carbons (Fsp3) is 0.0357. The van der Waals surface area contributed by atoms with Crippen LogP contribution in [0.1, 0.15) is 11.6 Å². The van der Waals surface area contributed by atoms with Gasteiger partial charge in [-0.25, -0.2) is 0 Å². The van der Waals surface area contributed by atoms with Crippen molar-refractivity contribution < 1.29 is 9.21 Å². The first-order chi connectivity index (χ1) is 16.6. The van der Waals surface area contributed by atoms with Crippen molar-refractivity contribution in [1.82, 2.24) is 0 Å². The molecule has 0 fully saturated rings. The molecule has 5 aromatic rings. The summed E-state index contributed by atoms with van der Waals surface area (Å²) in [6.07, 6.45) is 1.94. The van der Waals surface area contributed by atoms with E-state index in [4.69, 9.17) is 27.6 Å². The molecule has 0 saturated carbocycles. The van der Waals surface area contributed by atoms with E-state index in [1.165, 1.54) is 0 Å². The van der Waals surface area contributed by atoms with Gasteiger partial charge in [-0.05, 0) is 66.2 Å². The Hall–Kier alpha value is -3.73. The van der Waals surface area contributed by atoms with Gasteiger partial charge in [-0.2, -0.15) is 0 Å². The lowest BCUT2D eigenvalue weighted by molar-refractivity contribution is -0.114. The largest absolute Gasteiger partial charge is 0.456 e. The Morgan fingerprint density at radius 2 is 1.53 bits per heavy atom. The Kier molecular flexibility index (Phi) is 5.05. The predicted octanol–water partition coefficient (Wildman–Crippen LogP) is 7.98. The summed E-state index contributed by atoms with van der Waals surface area (Å²) in [5.74, 6) is -0.149. The normalized spacial score (nSPS) is 15.8. The number of amides is 1. The Labute approximate surface area is 206 Å². The third-order valence-corrected chi connectivity index (χ3v) is 6.45. The van der Waals surface area contributed by atoms with E-state index in [9.17, 15) is 4.79 Å². The summed E-state index contributed by atoms with van der Waals surface area (Å²) >= 11 is 12.4. The summed E-state index contributed by atoms with van der Waals surface area (Å²) in [4.78, 5) is 15.4. The third kappa shape index (κ3) is 3.61. The van der Waals surface area contributed by atoms with Gasteiger partial charge in [0, 0.05) is 32.2 Å². The van der Waals surface area contributed by atoms with Crippen LogP contribution in [0, 0.1) is 0 Å². The van der Waals surface area contributed by atoms with E-state index in [-0.39, 0.29) is 11.9 Å². The number of rotatable bonds is 4. The highest BCUT2D eigenvalue weighted by Gasteiger charge is 2.35. The first-order valence-electron chi connectivity index (χ1n) is 10.8. The van der Waals surface area contributed by atoms with Crippen LogP contribution < -0.4 is 10.2 Å². The van der Waals surface area contributed by atoms with Gasteiger partial charge < -0.3 is 9.73 Å². The number of furan rings is 1. The lowest BCUT2D eigenvalue weighted by Gasteiger charge is -2.25. The molecular weight excluding hydrogens is 467 g/mol. The molecule has 166 valence electrons. The maximum atomic E-state index is 13.6. The number of fused-ring (bicyclic) bond motifs is 3. The number of hydrogen-bond donors (Lipinski definition) is 1. The molecule has 4 aromatic carbocycles. The minimum Gasteiger partial charge on any atom is -0.456 e. The molecule has 6 heteroatoms. The van der Waals surface area contributed by atoms with Crippen molar-refractivity contribution in [3.63, 3.8) is 0 Å². The van der Waals surface area contributed by atoms with E-state index in [0.29, 0.717) is 15.7 Å². The van der Waals surface area contributed by atoms with Crippen molar-refractivity contribution in [1.29, 1.82) is 0 Å². The van der Waals surface area contributed by atoms with Gasteiger partial charge in [0.25, 0.3) is 5.91 Å². The van der Waals surface area contributed by atoms with Crippen LogP contribution >= 0.6 is 23.2 Å². The molecule has 1 aromatic heterocycles. The van der Waals surface area contributed by atoms with Gasteiger partial charge >= 0.3 is 0 Å². The van der Waals surface area contributed by atoms with Crippen LogP contribution in [0.2, 0.25) is 10.0 Å². The zero-order valence-electron chi connectivity index (χ0n) is 17.8. The van der Waals surface area contributed by atoms with Crippen LogP contribution in [0.25, 0.3) is 21.9 Å². The number of hydrogen-bond acceptors (Lipinski definition) is 3. The molecule has 1 amide bonds. The summed E-state index contributed by atoms with van der Waals surface area (Å²) in [6, 6.07) is 28.3. The van der Waals surface area contributed by atoms with Crippen LogP contribution in [0.3, 0.4) is 0 Å². The standard InChI is InChI=1S/C28H18Cl2N2O2/c29-18-5-3-7-20(14-18)31-24-16-25(32(28(24)33)21-8-4-6-19(30)15-21)17-11-12-27-23(13-17)22-9-1-2-10-26(22)34-27/h1-16,25,31H/t25-/m1/s1. The van der Waals surface area contributed by atoms with Gasteiger partial charge in [0.05, 0.1) is 6.04 Å². The molecule has 0 radical (unpaired) electrons. The van der Waals surface area contributed by atoms with E-state index in [1.54, 1.807) is 29.2 Å². The van der Waals surface area contributed by atoms with Crippen molar-refractivity contribution in [2.24, 2.45) is 0 Å². The highest BCUT2D eigenvalue weighted by Crippen LogP contribution is 2.39. The Balaban J connectivity index is 1.47. The number of benzene rings is 4. The first-order valence-corrected chi connectivity index (χ1v) is 11.6. The summed E-state index contributed by atoms with van der Waals surface area (Å²) in [5.41, 5.74) is 4.56. The van der Waals surface area contributed by atoms with Gasteiger partial charge in [-0.1, -0.05) is 59.6 Å². The van der Waals surface area contributed by atoms with Gasteiger partial charge in [0.15, 0.2) is 0 Å². The van der Waals surface area contributed by atoms with E-state index in [2.05, 4.69) is 11.4 Å². The van der Waals surface area contributed by atoms with Crippen LogP contribution in [-0.4, -0.2) is 5.91 Å². The van der Waals surface area contributed by atoms with Crippen LogP contribution in [0.15, 0.2) is 107 Å². The lowest BCUT2D eigenvalue weighted by atomic mass is 10.0. The molecule has 0 bridgehead atoms. The van der Waals surface area contributed by atoms with E-state index in [1.807, 2.05) is 66.7 Å². The highest BCUT2D eigenvalue weighted by molar-refractivity contribution is 6.31. The van der Waals surface area contributed by atoms with E-state index < -0.39 is 0 Å². The van der Waals surface area contributed by atoms with E-state index >= 15 is 0 Å². The van der Waals surface area contributed by atoms with Crippen LogP contribution in [0.5, 0.6) is 0 Å². The molecular formula is C28H18Cl2N2O2. The second kappa shape index (κ2) is 8.24. The lowest BCUT2D eigenvalue weighted by Crippen LogP contribution is -2.30. The molecule has 1 atom stereocenters. The maximum absolute atomic E-state index is 13.6. The number of carbonyl (C=O) groups is 1. The average molecular weight is 485 g/mol. The third-order valence-electron chi connectivity index (χ3n) is 5.98. The van der Waals surface area contributed by atoms with Gasteiger partial charge in [-0.3, -0.25) is 9.69 Å². The van der Waals surface area contributed by atoms with Crippen molar-refractivity contribution in [3.8, 4) is 0 Å². The van der Waals surface area contributed by atoms with Crippen molar-refractivity contribution in [3.05, 3.63) is 118 Å². The monoisotopic (exact) mass is 484 g/mol. The zero-order valence-corrected chi connectivity index (χ0v) is 19.3. The number of para-hydroxylation sites is 1. The zero-order chi connectivity index (χ0) is 23.2. The molecule has 1 N–H and O–H groups in total. The van der Waals surface area contributed by atoms with Crippen molar-refractivity contribution in [2.75, 3.05) is 10.2 Å². The van der Waals surface area contributed by atoms with Gasteiger partial charge in [0.1, 0.15) is 16.9 Å². The summed E-state index contributed by atoms with van der Waals surface area (Å²) < 4.78 is 5.99. The second-order valence-electron chi connectivity index (χ2n) is 8.17. The molecule has 0 spiro atoms. The Morgan fingerprint density at radius 1 is 0.765 bits per heavy atom. The summed E-state index contributed by atoms with van der Waals surface area (Å²) in [6.45, 7) is 0. The van der Waals surface area contributed by atoms with Gasteiger partial charge in [0.2, 0.25) is 0 Å². The smallest absolute Gasteiger partial charge is 0.275 e.